The lowest BCUT2D eigenvalue weighted by Crippen LogP contribution is -2.32. The molecule has 0 bridgehead atoms. The third-order valence-electron chi connectivity index (χ3n) is 2.40. The summed E-state index contributed by atoms with van der Waals surface area (Å²) in [4.78, 5) is 14.6. The van der Waals surface area contributed by atoms with Crippen LogP contribution in [0.5, 0.6) is 5.88 Å². The van der Waals surface area contributed by atoms with Crippen molar-refractivity contribution in [3.63, 3.8) is 0 Å². The normalized spacial score (nSPS) is 10.7. The van der Waals surface area contributed by atoms with Crippen LogP contribution in [0.3, 0.4) is 0 Å². The zero-order chi connectivity index (χ0) is 19.3. The number of alkyl carbamates (subject to hydrolysis) is 1. The number of alkyl halides is 2. The van der Waals surface area contributed by atoms with Gasteiger partial charge >= 0.3 is 12.7 Å². The summed E-state index contributed by atoms with van der Waals surface area (Å²) in [5.41, 5.74) is -0.435. The van der Waals surface area contributed by atoms with Gasteiger partial charge in [0.1, 0.15) is 10.8 Å². The number of pyridine rings is 1. The van der Waals surface area contributed by atoms with Crippen LogP contribution in [0.25, 0.3) is 0 Å². The fourth-order valence-corrected chi connectivity index (χ4v) is 1.62. The lowest BCUT2D eigenvalue weighted by Gasteiger charge is -2.19. The van der Waals surface area contributed by atoms with Crippen molar-refractivity contribution in [2.45, 2.75) is 52.2 Å². The molecule has 1 amide bonds. The Labute approximate surface area is 151 Å². The summed E-state index contributed by atoms with van der Waals surface area (Å²) in [6, 6.07) is 4.25. The zero-order valence-corrected chi connectivity index (χ0v) is 15.4. The highest BCUT2D eigenvalue weighted by Gasteiger charge is 2.15. The van der Waals surface area contributed by atoms with Crippen LogP contribution in [0.15, 0.2) is 18.2 Å². The lowest BCUT2D eigenvalue weighted by atomic mass is 10.2. The molecule has 1 rings (SSSR count). The first kappa shape index (κ1) is 23.3. The van der Waals surface area contributed by atoms with Crippen LogP contribution in [0.2, 0.25) is 5.15 Å². The number of rotatable bonds is 7. The van der Waals surface area contributed by atoms with Gasteiger partial charge in [-0.05, 0) is 46.1 Å². The molecular weight excluding hydrogens is 358 g/mol. The highest BCUT2D eigenvalue weighted by molar-refractivity contribution is 6.29. The summed E-state index contributed by atoms with van der Waals surface area (Å²) in [7, 11) is 0. The first-order valence-corrected chi connectivity index (χ1v) is 8.17. The summed E-state index contributed by atoms with van der Waals surface area (Å²) >= 11 is 5.39. The van der Waals surface area contributed by atoms with Crippen LogP contribution >= 0.6 is 11.6 Å². The molecule has 0 radical (unpaired) electrons. The molecule has 0 aromatic carbocycles. The van der Waals surface area contributed by atoms with E-state index in [1.165, 1.54) is 18.2 Å². The van der Waals surface area contributed by atoms with Crippen molar-refractivity contribution in [3.8, 4) is 5.88 Å². The van der Waals surface area contributed by atoms with Gasteiger partial charge in [0.15, 0.2) is 0 Å². The van der Waals surface area contributed by atoms with Crippen molar-refractivity contribution in [2.75, 3.05) is 13.2 Å². The molecule has 9 heteroatoms. The summed E-state index contributed by atoms with van der Waals surface area (Å²) in [6.07, 6.45) is 2.21. The molecule has 0 aliphatic rings. The minimum atomic E-state index is -2.86. The van der Waals surface area contributed by atoms with Gasteiger partial charge in [0.05, 0.1) is 0 Å². The van der Waals surface area contributed by atoms with E-state index >= 15 is 0 Å². The van der Waals surface area contributed by atoms with Gasteiger partial charge in [-0.15, -0.1) is 0 Å². The third-order valence-corrected chi connectivity index (χ3v) is 2.61. The number of aromatic nitrogens is 1. The number of hydrogen-bond acceptors (Lipinski definition) is 5. The van der Waals surface area contributed by atoms with Crippen LogP contribution in [-0.2, 0) is 4.74 Å². The number of unbranched alkanes of at least 4 members (excludes halogenated alkanes) is 2. The first-order valence-electron chi connectivity index (χ1n) is 7.79. The lowest BCUT2D eigenvalue weighted by molar-refractivity contribution is -0.0528. The quantitative estimate of drug-likeness (QED) is 0.550. The summed E-state index contributed by atoms with van der Waals surface area (Å²) in [5, 5.41) is 11.3. The molecule has 2 N–H and O–H groups in total. The number of carbonyl (C=O) groups is 1. The van der Waals surface area contributed by atoms with Crippen molar-refractivity contribution in [1.29, 1.82) is 0 Å². The molecule has 1 aromatic heterocycles. The predicted octanol–water partition coefficient (Wildman–Crippen LogP) is 4.01. The molecule has 1 heterocycles. The Balaban J connectivity index is 0.000000472. The summed E-state index contributed by atoms with van der Waals surface area (Å²) < 4.78 is 32.1. The number of aliphatic hydroxyl groups excluding tert-OH is 1. The highest BCUT2D eigenvalue weighted by Crippen LogP contribution is 2.13. The molecule has 0 fully saturated rings. The Morgan fingerprint density at radius 3 is 2.52 bits per heavy atom. The molecule has 0 saturated heterocycles. The number of ether oxygens (including phenoxy) is 2. The van der Waals surface area contributed by atoms with Gasteiger partial charge in [0.2, 0.25) is 5.88 Å². The van der Waals surface area contributed by atoms with E-state index in [4.69, 9.17) is 21.4 Å². The summed E-state index contributed by atoms with van der Waals surface area (Å²) in [6.45, 7) is 3.46. The topological polar surface area (TPSA) is 80.7 Å². The fraction of sp³-hybridized carbons (Fsp3) is 0.625. The minimum absolute atomic E-state index is 0.128. The Morgan fingerprint density at radius 2 is 2.00 bits per heavy atom. The van der Waals surface area contributed by atoms with Crippen LogP contribution in [0.4, 0.5) is 13.6 Å². The number of amides is 1. The average molecular weight is 383 g/mol. The minimum Gasteiger partial charge on any atom is -0.444 e. The van der Waals surface area contributed by atoms with Gasteiger partial charge < -0.3 is 19.9 Å². The van der Waals surface area contributed by atoms with Crippen LogP contribution in [0, 0.1) is 0 Å². The van der Waals surface area contributed by atoms with Crippen molar-refractivity contribution >= 4 is 17.7 Å². The van der Waals surface area contributed by atoms with E-state index in [9.17, 15) is 13.6 Å². The van der Waals surface area contributed by atoms with Gasteiger partial charge in [-0.2, -0.15) is 8.78 Å². The predicted molar refractivity (Wildman–Crippen MR) is 91.1 cm³/mol. The molecule has 6 nitrogen and oxygen atoms in total. The number of aliphatic hydroxyl groups is 1. The first-order chi connectivity index (χ1) is 11.6. The van der Waals surface area contributed by atoms with E-state index in [1.54, 1.807) is 0 Å². The van der Waals surface area contributed by atoms with Gasteiger partial charge in [0.25, 0.3) is 0 Å². The molecule has 0 atom stereocenters. The summed E-state index contributed by atoms with van der Waals surface area (Å²) in [5.74, 6) is -0.174. The SMILES string of the molecule is CC(C)(C)OC(=O)NCCCCCO.FC(F)Oc1cccc(Cl)n1. The third kappa shape index (κ3) is 15.6. The zero-order valence-electron chi connectivity index (χ0n) is 14.6. The van der Waals surface area contributed by atoms with E-state index in [-0.39, 0.29) is 23.7 Å². The molecule has 0 aliphatic heterocycles. The number of carbonyl (C=O) groups excluding carboxylic acids is 1. The Morgan fingerprint density at radius 1 is 1.32 bits per heavy atom. The molecule has 0 saturated carbocycles. The number of nitrogens with one attached hydrogen (secondary N) is 1. The van der Waals surface area contributed by atoms with Crippen LogP contribution < -0.4 is 10.1 Å². The number of halogens is 3. The van der Waals surface area contributed by atoms with Crippen molar-refractivity contribution in [1.82, 2.24) is 10.3 Å². The van der Waals surface area contributed by atoms with Gasteiger partial charge in [0, 0.05) is 19.2 Å². The van der Waals surface area contributed by atoms with Gasteiger partial charge in [-0.1, -0.05) is 17.7 Å². The second-order valence-electron chi connectivity index (χ2n) is 5.89. The standard InChI is InChI=1S/C10H21NO3.C6H4ClF2NO/c1-10(2,3)14-9(13)11-7-5-4-6-8-12;7-4-2-1-3-5(10-4)11-6(8)9/h12H,4-8H2,1-3H3,(H,11,13);1-3,6H. The molecular formula is C16H25ClF2N2O4. The van der Waals surface area contributed by atoms with Gasteiger partial charge in [-0.3, -0.25) is 0 Å². The van der Waals surface area contributed by atoms with E-state index in [1.807, 2.05) is 20.8 Å². The van der Waals surface area contributed by atoms with E-state index in [0.29, 0.717) is 6.54 Å². The number of nitrogens with zero attached hydrogens (tertiary/aromatic N) is 1. The van der Waals surface area contributed by atoms with Gasteiger partial charge in [-0.25, -0.2) is 9.78 Å². The second kappa shape index (κ2) is 12.7. The van der Waals surface area contributed by atoms with Crippen molar-refractivity contribution < 1.29 is 28.2 Å². The van der Waals surface area contributed by atoms with Crippen LogP contribution in [-0.4, -0.2) is 41.5 Å². The molecule has 25 heavy (non-hydrogen) atoms. The number of hydrogen-bond donors (Lipinski definition) is 2. The smallest absolute Gasteiger partial charge is 0.407 e. The fourth-order valence-electron chi connectivity index (χ4n) is 1.46. The van der Waals surface area contributed by atoms with Crippen molar-refractivity contribution in [3.05, 3.63) is 23.4 Å². The molecule has 0 unspecified atom stereocenters. The van der Waals surface area contributed by atoms with E-state index < -0.39 is 12.2 Å². The maximum atomic E-state index is 11.5. The molecule has 1 aromatic rings. The van der Waals surface area contributed by atoms with E-state index in [2.05, 4.69) is 15.0 Å². The average Bonchev–Trinajstić information content (AvgIpc) is 2.45. The monoisotopic (exact) mass is 382 g/mol. The maximum Gasteiger partial charge on any atom is 0.407 e. The second-order valence-corrected chi connectivity index (χ2v) is 6.28. The molecule has 0 spiro atoms. The Kier molecular flexibility index (Phi) is 11.8. The Bertz CT molecular complexity index is 499. The van der Waals surface area contributed by atoms with Crippen molar-refractivity contribution in [2.24, 2.45) is 0 Å². The maximum absolute atomic E-state index is 11.5. The largest absolute Gasteiger partial charge is 0.444 e. The Hall–Kier alpha value is -1.67. The molecule has 144 valence electrons. The van der Waals surface area contributed by atoms with E-state index in [0.717, 1.165) is 19.3 Å². The molecule has 0 aliphatic carbocycles. The highest BCUT2D eigenvalue weighted by atomic mass is 35.5. The van der Waals surface area contributed by atoms with Crippen LogP contribution in [0.1, 0.15) is 40.0 Å².